The summed E-state index contributed by atoms with van der Waals surface area (Å²) >= 11 is 0. The van der Waals surface area contributed by atoms with Crippen LogP contribution in [0.15, 0.2) is 24.4 Å². The van der Waals surface area contributed by atoms with Crippen LogP contribution in [0, 0.1) is 12.7 Å². The van der Waals surface area contributed by atoms with Crippen molar-refractivity contribution in [2.45, 2.75) is 25.8 Å². The zero-order valence-corrected chi connectivity index (χ0v) is 17.0. The first-order valence-electron chi connectivity index (χ1n) is 9.56. The van der Waals surface area contributed by atoms with Crippen LogP contribution in [-0.2, 0) is 11.0 Å². The normalized spacial score (nSPS) is 18.4. The van der Waals surface area contributed by atoms with Crippen LogP contribution in [0.1, 0.15) is 18.5 Å². The minimum atomic E-state index is -0.906. The van der Waals surface area contributed by atoms with E-state index in [1.165, 1.54) is 0 Å². The summed E-state index contributed by atoms with van der Waals surface area (Å²) < 4.78 is 27.7. The minimum absolute atomic E-state index is 0.290. The Kier molecular flexibility index (Phi) is 5.46. The zero-order valence-electron chi connectivity index (χ0n) is 16.2. The molecule has 1 saturated heterocycles. The number of aryl methyl sites for hydroxylation is 1. The number of hydrogen-bond donors (Lipinski definition) is 2. The number of nitrogens with one attached hydrogen (secondary N) is 2. The molecular weight excluding hydrogens is 375 g/mol. The molecule has 2 aliphatic rings. The summed E-state index contributed by atoms with van der Waals surface area (Å²) in [4.78, 5) is 4.18. The van der Waals surface area contributed by atoms with Gasteiger partial charge in [0.25, 0.3) is 0 Å². The summed E-state index contributed by atoms with van der Waals surface area (Å²) in [7, 11) is -0.906. The van der Waals surface area contributed by atoms with Crippen molar-refractivity contribution in [3.63, 3.8) is 0 Å². The van der Waals surface area contributed by atoms with Gasteiger partial charge in [-0.05, 0) is 48.7 Å². The lowest BCUT2D eigenvalue weighted by molar-refractivity contribution is 0.347. The van der Waals surface area contributed by atoms with E-state index in [1.807, 2.05) is 10.5 Å². The Bertz CT molecular complexity index is 1030. The molecule has 2 aromatic rings. The highest BCUT2D eigenvalue weighted by molar-refractivity contribution is 7.81. The van der Waals surface area contributed by atoms with Crippen LogP contribution in [0.4, 0.5) is 10.1 Å². The van der Waals surface area contributed by atoms with Gasteiger partial charge < -0.3 is 10.6 Å². The summed E-state index contributed by atoms with van der Waals surface area (Å²) in [6.07, 6.45) is 9.52. The van der Waals surface area contributed by atoms with Crippen LogP contribution in [0.3, 0.4) is 0 Å². The molecule has 148 valence electrons. The Labute approximate surface area is 167 Å². The summed E-state index contributed by atoms with van der Waals surface area (Å²) in [5, 5.41) is 9.20. The van der Waals surface area contributed by atoms with Crippen molar-refractivity contribution in [1.29, 1.82) is 0 Å². The third kappa shape index (κ3) is 3.95. The number of hydrogen-bond acceptors (Lipinski definition) is 4. The maximum absolute atomic E-state index is 14.0. The molecule has 28 heavy (non-hydrogen) atoms. The number of anilines is 1. The minimum Gasteiger partial charge on any atom is -0.387 e. The molecule has 0 bridgehead atoms. The molecule has 3 heterocycles. The third-order valence-electron chi connectivity index (χ3n) is 5.43. The van der Waals surface area contributed by atoms with Crippen molar-refractivity contribution in [1.82, 2.24) is 14.6 Å². The van der Waals surface area contributed by atoms with Crippen LogP contribution in [0.2, 0.25) is 0 Å². The van der Waals surface area contributed by atoms with E-state index in [9.17, 15) is 8.60 Å². The lowest BCUT2D eigenvalue weighted by atomic mass is 10.0. The van der Waals surface area contributed by atoms with Gasteiger partial charge in [0, 0.05) is 60.8 Å². The molecule has 0 radical (unpaired) electrons. The number of nitrogens with zero attached hydrogens (tertiary/aromatic N) is 2. The highest BCUT2D eigenvalue weighted by Gasteiger charge is 2.21. The second-order valence-electron chi connectivity index (χ2n) is 7.35. The van der Waals surface area contributed by atoms with Gasteiger partial charge in [0.05, 0.1) is 16.7 Å². The molecule has 7 heteroatoms. The number of rotatable bonds is 4. The second-order valence-corrected chi connectivity index (χ2v) is 8.71. The van der Waals surface area contributed by atoms with E-state index in [0.717, 1.165) is 59.7 Å². The van der Waals surface area contributed by atoms with E-state index in [2.05, 4.69) is 33.8 Å². The number of fused-ring (bicyclic) bond motifs is 1. The SMILES string of the molecule is Cc1ncc(-c2cc(NC3CCN(S(C)=O)CC3)c3c(c2)=CCNC=3)cc1F. The van der Waals surface area contributed by atoms with Crippen LogP contribution < -0.4 is 21.1 Å². The van der Waals surface area contributed by atoms with Crippen LogP contribution in [0.25, 0.3) is 23.4 Å². The largest absolute Gasteiger partial charge is 0.387 e. The van der Waals surface area contributed by atoms with Crippen molar-refractivity contribution in [2.24, 2.45) is 0 Å². The zero-order chi connectivity index (χ0) is 19.7. The van der Waals surface area contributed by atoms with Gasteiger partial charge >= 0.3 is 0 Å². The Hall–Kier alpha value is -2.25. The topological polar surface area (TPSA) is 57.3 Å². The predicted octanol–water partition coefficient (Wildman–Crippen LogP) is 1.49. The number of piperidine rings is 1. The van der Waals surface area contributed by atoms with Gasteiger partial charge in [0.1, 0.15) is 5.82 Å². The molecule has 5 nitrogen and oxygen atoms in total. The monoisotopic (exact) mass is 400 g/mol. The molecule has 0 amide bonds. The molecule has 1 fully saturated rings. The summed E-state index contributed by atoms with van der Waals surface area (Å²) in [6.45, 7) is 4.09. The van der Waals surface area contributed by atoms with E-state index < -0.39 is 11.0 Å². The van der Waals surface area contributed by atoms with Crippen molar-refractivity contribution < 1.29 is 8.60 Å². The van der Waals surface area contributed by atoms with Crippen molar-refractivity contribution in [3.05, 3.63) is 46.3 Å². The highest BCUT2D eigenvalue weighted by atomic mass is 32.2. The molecular formula is C21H25FN4OS. The molecule has 4 rings (SSSR count). The Morgan fingerprint density at radius 2 is 2.04 bits per heavy atom. The van der Waals surface area contributed by atoms with E-state index in [-0.39, 0.29) is 5.82 Å². The lowest BCUT2D eigenvalue weighted by Crippen LogP contribution is -2.42. The summed E-state index contributed by atoms with van der Waals surface area (Å²) in [5.74, 6) is -0.290. The molecule has 1 aromatic heterocycles. The second kappa shape index (κ2) is 8.01. The fourth-order valence-electron chi connectivity index (χ4n) is 3.76. The molecule has 0 saturated carbocycles. The van der Waals surface area contributed by atoms with E-state index in [1.54, 1.807) is 25.4 Å². The van der Waals surface area contributed by atoms with Gasteiger partial charge in [0.15, 0.2) is 0 Å². The van der Waals surface area contributed by atoms with Gasteiger partial charge in [-0.1, -0.05) is 6.08 Å². The van der Waals surface area contributed by atoms with Gasteiger partial charge in [-0.15, -0.1) is 0 Å². The number of benzene rings is 1. The van der Waals surface area contributed by atoms with E-state index in [4.69, 9.17) is 0 Å². The van der Waals surface area contributed by atoms with Gasteiger partial charge in [-0.25, -0.2) is 12.9 Å². The van der Waals surface area contributed by atoms with E-state index >= 15 is 0 Å². The van der Waals surface area contributed by atoms with Crippen molar-refractivity contribution in [2.75, 3.05) is 31.2 Å². The van der Waals surface area contributed by atoms with Gasteiger partial charge in [-0.3, -0.25) is 4.98 Å². The molecule has 0 aliphatic carbocycles. The molecule has 0 spiro atoms. The fraction of sp³-hybridized carbons (Fsp3) is 0.381. The number of halogens is 1. The summed E-state index contributed by atoms with van der Waals surface area (Å²) in [5.41, 5.74) is 3.17. The number of pyridine rings is 1. The standard InChI is InChI=1S/C21H25FN4OS/c1-14-20(22)10-17(12-24-14)16-9-15-3-6-23-13-19(15)21(11-16)25-18-4-7-26(8-5-18)28(2)27/h3,9-13,18,23,25H,4-8H2,1-2H3. The van der Waals surface area contributed by atoms with E-state index in [0.29, 0.717) is 11.7 Å². The van der Waals surface area contributed by atoms with Crippen LogP contribution >= 0.6 is 0 Å². The van der Waals surface area contributed by atoms with Crippen LogP contribution in [-0.4, -0.2) is 45.4 Å². The van der Waals surface area contributed by atoms with Crippen molar-refractivity contribution in [3.8, 4) is 11.1 Å². The Balaban J connectivity index is 1.67. The maximum Gasteiger partial charge on any atom is 0.145 e. The predicted molar refractivity (Wildman–Crippen MR) is 113 cm³/mol. The average Bonchev–Trinajstić information content (AvgIpc) is 2.70. The number of aromatic nitrogens is 1. The maximum atomic E-state index is 14.0. The Morgan fingerprint density at radius 3 is 2.75 bits per heavy atom. The van der Waals surface area contributed by atoms with Gasteiger partial charge in [0.2, 0.25) is 0 Å². The fourth-order valence-corrected chi connectivity index (χ4v) is 4.49. The summed E-state index contributed by atoms with van der Waals surface area (Å²) in [6, 6.07) is 6.04. The Morgan fingerprint density at radius 1 is 1.25 bits per heavy atom. The van der Waals surface area contributed by atoms with Crippen LogP contribution in [0.5, 0.6) is 0 Å². The first-order valence-corrected chi connectivity index (χ1v) is 11.1. The quantitative estimate of drug-likeness (QED) is 0.817. The molecule has 2 aliphatic heterocycles. The van der Waals surface area contributed by atoms with Crippen molar-refractivity contribution >= 4 is 28.9 Å². The smallest absolute Gasteiger partial charge is 0.145 e. The molecule has 1 aromatic carbocycles. The highest BCUT2D eigenvalue weighted by Crippen LogP contribution is 2.22. The molecule has 2 N–H and O–H groups in total. The molecule has 1 unspecified atom stereocenters. The molecule has 1 atom stereocenters. The third-order valence-corrected chi connectivity index (χ3v) is 6.53. The first kappa shape index (κ1) is 19.1. The first-order chi connectivity index (χ1) is 13.5. The average molecular weight is 401 g/mol. The van der Waals surface area contributed by atoms with Gasteiger partial charge in [-0.2, -0.15) is 0 Å². The lowest BCUT2D eigenvalue weighted by Gasteiger charge is -2.31.